The molecular weight excluding hydrogens is 222 g/mol. The molecule has 0 aliphatic carbocycles. The molecule has 1 aliphatic heterocycles. The smallest absolute Gasteiger partial charge is 0.184 e. The molecule has 0 spiro atoms. The number of Topliss-reactive ketones (excluding diaryl/α,β-unsaturated/α-hetero) is 1. The van der Waals surface area contributed by atoms with Gasteiger partial charge in [-0.05, 0) is 18.1 Å². The van der Waals surface area contributed by atoms with Crippen molar-refractivity contribution >= 4 is 5.78 Å². The van der Waals surface area contributed by atoms with Crippen LogP contribution in [0.3, 0.4) is 0 Å². The van der Waals surface area contributed by atoms with Gasteiger partial charge < -0.3 is 0 Å². The van der Waals surface area contributed by atoms with Crippen molar-refractivity contribution in [1.82, 2.24) is 5.32 Å². The molecule has 2 aromatic carbocycles. The monoisotopic (exact) mass is 237 g/mol. The Bertz CT molecular complexity index is 586. The Kier molecular flexibility index (Phi) is 2.73. The number of hydrogen-bond acceptors (Lipinski definition) is 2. The fourth-order valence-electron chi connectivity index (χ4n) is 2.42. The van der Waals surface area contributed by atoms with Crippen LogP contribution < -0.4 is 5.32 Å². The fourth-order valence-corrected chi connectivity index (χ4v) is 2.42. The highest BCUT2D eigenvalue weighted by atomic mass is 16.1. The van der Waals surface area contributed by atoms with Crippen molar-refractivity contribution in [2.75, 3.05) is 0 Å². The molecule has 0 aromatic heterocycles. The molecule has 1 heterocycles. The van der Waals surface area contributed by atoms with E-state index in [9.17, 15) is 4.79 Å². The first-order chi connectivity index (χ1) is 8.75. The van der Waals surface area contributed by atoms with Gasteiger partial charge in [0, 0.05) is 12.1 Å². The summed E-state index contributed by atoms with van der Waals surface area (Å²) in [4.78, 5) is 12.5. The quantitative estimate of drug-likeness (QED) is 0.813. The molecule has 3 rings (SSSR count). The van der Waals surface area contributed by atoms with Gasteiger partial charge in [-0.15, -0.1) is 0 Å². The van der Waals surface area contributed by atoms with Crippen LogP contribution in [0.25, 0.3) is 0 Å². The number of nitrogens with one attached hydrogen (secondary N) is 1. The highest BCUT2D eigenvalue weighted by molar-refractivity contribution is 6.01. The number of fused-ring (bicyclic) bond motifs is 1. The van der Waals surface area contributed by atoms with Crippen LogP contribution in [0, 0.1) is 6.92 Å². The van der Waals surface area contributed by atoms with E-state index in [1.807, 2.05) is 49.4 Å². The summed E-state index contributed by atoms with van der Waals surface area (Å²) in [5, 5.41) is 3.29. The molecule has 2 nitrogen and oxygen atoms in total. The average Bonchev–Trinajstić information content (AvgIpc) is 2.82. The summed E-state index contributed by atoms with van der Waals surface area (Å²) in [6.45, 7) is 2.80. The van der Waals surface area contributed by atoms with E-state index in [4.69, 9.17) is 0 Å². The molecule has 2 heteroatoms. The zero-order valence-corrected chi connectivity index (χ0v) is 10.3. The first-order valence-corrected chi connectivity index (χ1v) is 6.18. The number of benzene rings is 2. The van der Waals surface area contributed by atoms with Crippen molar-refractivity contribution in [3.63, 3.8) is 0 Å². The predicted molar refractivity (Wildman–Crippen MR) is 71.5 cm³/mol. The van der Waals surface area contributed by atoms with Crippen molar-refractivity contribution in [3.8, 4) is 0 Å². The van der Waals surface area contributed by atoms with E-state index in [1.54, 1.807) is 0 Å². The zero-order valence-electron chi connectivity index (χ0n) is 10.3. The van der Waals surface area contributed by atoms with Gasteiger partial charge in [-0.25, -0.2) is 0 Å². The number of rotatable bonds is 2. The number of carbonyl (C=O) groups is 1. The van der Waals surface area contributed by atoms with Crippen molar-refractivity contribution in [2.24, 2.45) is 0 Å². The van der Waals surface area contributed by atoms with Crippen LogP contribution in [0.2, 0.25) is 0 Å². The minimum atomic E-state index is -0.191. The maximum atomic E-state index is 12.5. The largest absolute Gasteiger partial charge is 0.299 e. The van der Waals surface area contributed by atoms with Crippen molar-refractivity contribution < 1.29 is 4.79 Å². The second kappa shape index (κ2) is 4.39. The number of ketones is 1. The SMILES string of the molecule is Cc1ccc(C(=O)C2NCc3ccccc32)cc1. The average molecular weight is 237 g/mol. The highest BCUT2D eigenvalue weighted by Crippen LogP contribution is 2.27. The summed E-state index contributed by atoms with van der Waals surface area (Å²) in [6, 6.07) is 15.7. The zero-order chi connectivity index (χ0) is 12.5. The van der Waals surface area contributed by atoms with Crippen LogP contribution in [0.4, 0.5) is 0 Å². The maximum Gasteiger partial charge on any atom is 0.184 e. The number of carbonyl (C=O) groups excluding carboxylic acids is 1. The molecular formula is C16H15NO. The second-order valence-corrected chi connectivity index (χ2v) is 4.74. The molecule has 1 N–H and O–H groups in total. The van der Waals surface area contributed by atoms with E-state index < -0.39 is 0 Å². The Balaban J connectivity index is 1.93. The van der Waals surface area contributed by atoms with Crippen molar-refractivity contribution in [3.05, 3.63) is 70.8 Å². The molecule has 1 aliphatic rings. The van der Waals surface area contributed by atoms with Gasteiger partial charge in [0.25, 0.3) is 0 Å². The molecule has 1 unspecified atom stereocenters. The van der Waals surface area contributed by atoms with Gasteiger partial charge in [0.05, 0.1) is 6.04 Å². The lowest BCUT2D eigenvalue weighted by atomic mass is 9.97. The standard InChI is InChI=1S/C16H15NO/c1-11-6-8-12(9-7-11)16(18)15-14-5-3-2-4-13(14)10-17-15/h2-9,15,17H,10H2,1H3. The Morgan fingerprint density at radius 1 is 1.11 bits per heavy atom. The van der Waals surface area contributed by atoms with Crippen molar-refractivity contribution in [2.45, 2.75) is 19.5 Å². The van der Waals surface area contributed by atoms with Crippen LogP contribution in [0.1, 0.15) is 33.1 Å². The third kappa shape index (κ3) is 1.85. The number of hydrogen-bond donors (Lipinski definition) is 1. The Morgan fingerprint density at radius 3 is 2.61 bits per heavy atom. The molecule has 0 saturated heterocycles. The Labute approximate surface area is 107 Å². The normalized spacial score (nSPS) is 17.5. The lowest BCUT2D eigenvalue weighted by Gasteiger charge is -2.11. The van der Waals surface area contributed by atoms with Crippen molar-refractivity contribution in [1.29, 1.82) is 0 Å². The molecule has 0 amide bonds. The van der Waals surface area contributed by atoms with E-state index in [-0.39, 0.29) is 11.8 Å². The molecule has 2 aromatic rings. The van der Waals surface area contributed by atoms with Gasteiger partial charge in [0.15, 0.2) is 5.78 Å². The molecule has 1 atom stereocenters. The van der Waals surface area contributed by atoms with Crippen LogP contribution in [-0.4, -0.2) is 5.78 Å². The van der Waals surface area contributed by atoms with E-state index in [0.717, 1.165) is 17.7 Å². The Hall–Kier alpha value is -1.93. The summed E-state index contributed by atoms with van der Waals surface area (Å²) in [5.41, 5.74) is 4.28. The van der Waals surface area contributed by atoms with Crippen LogP contribution in [-0.2, 0) is 6.54 Å². The molecule has 90 valence electrons. The van der Waals surface area contributed by atoms with Gasteiger partial charge in [-0.1, -0.05) is 54.1 Å². The van der Waals surface area contributed by atoms with E-state index in [0.29, 0.717) is 0 Å². The minimum absolute atomic E-state index is 0.153. The van der Waals surface area contributed by atoms with E-state index >= 15 is 0 Å². The molecule has 0 saturated carbocycles. The summed E-state index contributed by atoms with van der Waals surface area (Å²) in [6.07, 6.45) is 0. The van der Waals surface area contributed by atoms with Crippen LogP contribution in [0.15, 0.2) is 48.5 Å². The third-order valence-corrected chi connectivity index (χ3v) is 3.46. The van der Waals surface area contributed by atoms with Gasteiger partial charge in [0.2, 0.25) is 0 Å². The van der Waals surface area contributed by atoms with E-state index in [1.165, 1.54) is 11.1 Å². The third-order valence-electron chi connectivity index (χ3n) is 3.46. The van der Waals surface area contributed by atoms with Gasteiger partial charge in [0.1, 0.15) is 0 Å². The van der Waals surface area contributed by atoms with Crippen LogP contribution >= 0.6 is 0 Å². The molecule has 0 radical (unpaired) electrons. The first-order valence-electron chi connectivity index (χ1n) is 6.18. The highest BCUT2D eigenvalue weighted by Gasteiger charge is 2.28. The molecule has 18 heavy (non-hydrogen) atoms. The fraction of sp³-hybridized carbons (Fsp3) is 0.188. The lowest BCUT2D eigenvalue weighted by Crippen LogP contribution is -2.22. The maximum absolute atomic E-state index is 12.5. The summed E-state index contributed by atoms with van der Waals surface area (Å²) >= 11 is 0. The summed E-state index contributed by atoms with van der Waals surface area (Å²) in [7, 11) is 0. The topological polar surface area (TPSA) is 29.1 Å². The first kappa shape index (κ1) is 11.2. The molecule has 0 fully saturated rings. The number of aryl methyl sites for hydroxylation is 1. The molecule has 0 bridgehead atoms. The lowest BCUT2D eigenvalue weighted by molar-refractivity contribution is 0.0948. The second-order valence-electron chi connectivity index (χ2n) is 4.74. The Morgan fingerprint density at radius 2 is 1.83 bits per heavy atom. The van der Waals surface area contributed by atoms with Gasteiger partial charge >= 0.3 is 0 Å². The van der Waals surface area contributed by atoms with Gasteiger partial charge in [-0.3, -0.25) is 10.1 Å². The van der Waals surface area contributed by atoms with Gasteiger partial charge in [-0.2, -0.15) is 0 Å². The van der Waals surface area contributed by atoms with Crippen LogP contribution in [0.5, 0.6) is 0 Å². The summed E-state index contributed by atoms with van der Waals surface area (Å²) < 4.78 is 0. The van der Waals surface area contributed by atoms with E-state index in [2.05, 4.69) is 11.4 Å². The summed E-state index contributed by atoms with van der Waals surface area (Å²) in [5.74, 6) is 0.153. The predicted octanol–water partition coefficient (Wildman–Crippen LogP) is 3.02. The minimum Gasteiger partial charge on any atom is -0.299 e.